The van der Waals surface area contributed by atoms with Gasteiger partial charge in [0, 0.05) is 25.9 Å². The lowest BCUT2D eigenvalue weighted by molar-refractivity contribution is -0.135. The zero-order valence-corrected chi connectivity index (χ0v) is 16.0. The molecule has 1 aliphatic rings. The highest BCUT2D eigenvalue weighted by Crippen LogP contribution is 2.33. The van der Waals surface area contributed by atoms with E-state index in [0.29, 0.717) is 33.4 Å². The summed E-state index contributed by atoms with van der Waals surface area (Å²) in [4.78, 5) is 43.8. The van der Waals surface area contributed by atoms with Gasteiger partial charge < -0.3 is 9.32 Å². The summed E-state index contributed by atoms with van der Waals surface area (Å²) >= 11 is 1.16. The molecule has 0 radical (unpaired) electrons. The fourth-order valence-corrected chi connectivity index (χ4v) is 3.82. The molecule has 0 saturated carbocycles. The molecular weight excluding hydrogens is 354 g/mol. The second-order valence-corrected chi connectivity index (χ2v) is 7.71. The highest BCUT2D eigenvalue weighted by Gasteiger charge is 2.35. The maximum Gasteiger partial charge on any atom is 0.260 e. The predicted molar refractivity (Wildman–Crippen MR) is 97.6 cm³/mol. The number of nitrogens with zero attached hydrogens (tertiary/aromatic N) is 2. The number of nitrogens with one attached hydrogen (secondary N) is 1. The molecule has 2 heterocycles. The molecule has 0 spiro atoms. The minimum absolute atomic E-state index is 0.0494. The summed E-state index contributed by atoms with van der Waals surface area (Å²) in [6.07, 6.45) is 2.04. The first-order chi connectivity index (χ1) is 12.3. The Morgan fingerprint density at radius 2 is 2.12 bits per heavy atom. The van der Waals surface area contributed by atoms with Crippen molar-refractivity contribution in [2.45, 2.75) is 39.7 Å². The lowest BCUT2D eigenvalue weighted by Gasteiger charge is -2.28. The first-order valence-corrected chi connectivity index (χ1v) is 9.24. The van der Waals surface area contributed by atoms with E-state index in [2.05, 4.69) is 10.3 Å². The Morgan fingerprint density at radius 3 is 2.73 bits per heavy atom. The molecule has 2 aromatic heterocycles. The van der Waals surface area contributed by atoms with Crippen LogP contribution < -0.4 is 5.32 Å². The van der Waals surface area contributed by atoms with Gasteiger partial charge >= 0.3 is 0 Å². The molecule has 1 atom stereocenters. The van der Waals surface area contributed by atoms with Crippen LogP contribution in [0.4, 0.5) is 5.13 Å². The van der Waals surface area contributed by atoms with Crippen LogP contribution in [0.2, 0.25) is 0 Å². The number of hydrogen-bond acceptors (Lipinski definition) is 6. The first kappa shape index (κ1) is 18.3. The number of Topliss-reactive ketones (excluding diaryl/α,β-unsaturated/α-hetero) is 1. The van der Waals surface area contributed by atoms with E-state index >= 15 is 0 Å². The Labute approximate surface area is 155 Å². The van der Waals surface area contributed by atoms with E-state index in [1.807, 2.05) is 13.8 Å². The number of ketones is 1. The summed E-state index contributed by atoms with van der Waals surface area (Å²) < 4.78 is 5.13. The third-order valence-corrected chi connectivity index (χ3v) is 5.67. The molecule has 138 valence electrons. The Balaban J connectivity index is 1.77. The summed E-state index contributed by atoms with van der Waals surface area (Å²) in [6.45, 7) is 5.57. The second-order valence-electron chi connectivity index (χ2n) is 6.71. The van der Waals surface area contributed by atoms with Crippen LogP contribution in [0.25, 0.3) is 0 Å². The predicted octanol–water partition coefficient (Wildman–Crippen LogP) is 2.91. The quantitative estimate of drug-likeness (QED) is 0.887. The lowest BCUT2D eigenvalue weighted by Crippen LogP contribution is -2.40. The molecule has 0 aliphatic heterocycles. The fourth-order valence-electron chi connectivity index (χ4n) is 2.89. The van der Waals surface area contributed by atoms with E-state index in [4.69, 9.17) is 4.42 Å². The van der Waals surface area contributed by atoms with Gasteiger partial charge in [0.05, 0.1) is 28.3 Å². The average Bonchev–Trinajstić information content (AvgIpc) is 3.19. The van der Waals surface area contributed by atoms with Crippen molar-refractivity contribution in [1.29, 1.82) is 0 Å². The summed E-state index contributed by atoms with van der Waals surface area (Å²) in [5, 5.41) is 3.07. The van der Waals surface area contributed by atoms with Gasteiger partial charge in [-0.15, -0.1) is 0 Å². The summed E-state index contributed by atoms with van der Waals surface area (Å²) in [6, 6.07) is 1.65. The third kappa shape index (κ3) is 3.41. The molecule has 0 fully saturated rings. The van der Waals surface area contributed by atoms with Gasteiger partial charge in [-0.25, -0.2) is 4.98 Å². The van der Waals surface area contributed by atoms with Crippen molar-refractivity contribution in [2.75, 3.05) is 12.4 Å². The normalized spacial score (nSPS) is 16.5. The maximum atomic E-state index is 12.5. The van der Waals surface area contributed by atoms with Gasteiger partial charge in [0.2, 0.25) is 5.91 Å². The Bertz CT molecular complexity index is 868. The number of fused-ring (bicyclic) bond motifs is 1. The number of anilines is 1. The van der Waals surface area contributed by atoms with Crippen LogP contribution in [0.3, 0.4) is 0 Å². The number of carbonyl (C=O) groups is 3. The SMILES string of the molecule is Cc1occc1C(=O)Nc1nc2c(s1)C(=O)CC(C(=O)N(C)C(C)C)C2. The van der Waals surface area contributed by atoms with Crippen molar-refractivity contribution in [1.82, 2.24) is 9.88 Å². The second kappa shape index (κ2) is 7.03. The number of aromatic nitrogens is 1. The van der Waals surface area contributed by atoms with Gasteiger partial charge in [-0.3, -0.25) is 19.7 Å². The number of thiazole rings is 1. The van der Waals surface area contributed by atoms with Crippen LogP contribution in [0.15, 0.2) is 16.7 Å². The van der Waals surface area contributed by atoms with Crippen LogP contribution in [0.5, 0.6) is 0 Å². The maximum absolute atomic E-state index is 12.5. The molecule has 0 aromatic carbocycles. The lowest BCUT2D eigenvalue weighted by atomic mass is 9.89. The molecule has 3 rings (SSSR count). The van der Waals surface area contributed by atoms with Crippen molar-refractivity contribution in [3.05, 3.63) is 34.2 Å². The zero-order valence-electron chi connectivity index (χ0n) is 15.2. The Kier molecular flexibility index (Phi) is 4.95. The van der Waals surface area contributed by atoms with Crippen LogP contribution in [0.1, 0.15) is 51.8 Å². The number of hydrogen-bond donors (Lipinski definition) is 1. The number of aryl methyl sites for hydroxylation is 1. The smallest absolute Gasteiger partial charge is 0.260 e. The molecule has 1 N–H and O–H groups in total. The number of carbonyl (C=O) groups excluding carboxylic acids is 3. The number of furan rings is 1. The number of rotatable bonds is 4. The third-order valence-electron chi connectivity index (χ3n) is 4.62. The number of amides is 2. The molecule has 7 nitrogen and oxygen atoms in total. The van der Waals surface area contributed by atoms with E-state index in [-0.39, 0.29) is 30.1 Å². The van der Waals surface area contributed by atoms with Gasteiger partial charge in [0.1, 0.15) is 5.76 Å². The van der Waals surface area contributed by atoms with E-state index in [0.717, 1.165) is 11.3 Å². The molecule has 26 heavy (non-hydrogen) atoms. The van der Waals surface area contributed by atoms with Gasteiger partial charge in [0.15, 0.2) is 10.9 Å². The molecule has 8 heteroatoms. The molecule has 1 aliphatic carbocycles. The van der Waals surface area contributed by atoms with E-state index in [1.54, 1.807) is 24.9 Å². The zero-order chi connectivity index (χ0) is 19.0. The van der Waals surface area contributed by atoms with Crippen molar-refractivity contribution >= 4 is 34.1 Å². The van der Waals surface area contributed by atoms with Crippen molar-refractivity contribution in [3.8, 4) is 0 Å². The largest absolute Gasteiger partial charge is 0.469 e. The highest BCUT2D eigenvalue weighted by atomic mass is 32.1. The van der Waals surface area contributed by atoms with Crippen LogP contribution in [-0.2, 0) is 11.2 Å². The highest BCUT2D eigenvalue weighted by molar-refractivity contribution is 7.17. The Hall–Kier alpha value is -2.48. The minimum Gasteiger partial charge on any atom is -0.469 e. The van der Waals surface area contributed by atoms with Crippen LogP contribution >= 0.6 is 11.3 Å². The Morgan fingerprint density at radius 1 is 1.38 bits per heavy atom. The molecule has 1 unspecified atom stereocenters. The summed E-state index contributed by atoms with van der Waals surface area (Å²) in [5.74, 6) is -0.362. The standard InChI is InChI=1S/C18H21N3O4S/c1-9(2)21(4)17(24)11-7-13-15(14(22)8-11)26-18(19-13)20-16(23)12-5-6-25-10(12)3/h5-6,9,11H,7-8H2,1-4H3,(H,19,20,23). The fraction of sp³-hybridized carbons (Fsp3) is 0.444. The summed E-state index contributed by atoms with van der Waals surface area (Å²) in [7, 11) is 1.74. The van der Waals surface area contributed by atoms with Crippen molar-refractivity contribution in [2.24, 2.45) is 5.92 Å². The van der Waals surface area contributed by atoms with E-state index in [1.165, 1.54) is 6.26 Å². The minimum atomic E-state index is -0.399. The van der Waals surface area contributed by atoms with Crippen molar-refractivity contribution in [3.63, 3.8) is 0 Å². The van der Waals surface area contributed by atoms with Gasteiger partial charge in [-0.2, -0.15) is 0 Å². The topological polar surface area (TPSA) is 92.5 Å². The average molecular weight is 375 g/mol. The van der Waals surface area contributed by atoms with Gasteiger partial charge in [-0.1, -0.05) is 11.3 Å². The molecule has 2 aromatic rings. The van der Waals surface area contributed by atoms with Crippen LogP contribution in [0, 0.1) is 12.8 Å². The molecule has 2 amide bonds. The first-order valence-electron chi connectivity index (χ1n) is 8.43. The van der Waals surface area contributed by atoms with Crippen molar-refractivity contribution < 1.29 is 18.8 Å². The van der Waals surface area contributed by atoms with E-state index < -0.39 is 5.92 Å². The summed E-state index contributed by atoms with van der Waals surface area (Å²) in [5.41, 5.74) is 1.01. The molecular formula is C18H21N3O4S. The molecule has 0 bridgehead atoms. The van der Waals surface area contributed by atoms with Gasteiger partial charge in [-0.05, 0) is 26.8 Å². The monoisotopic (exact) mass is 375 g/mol. The van der Waals surface area contributed by atoms with Gasteiger partial charge in [0.25, 0.3) is 5.91 Å². The molecule has 0 saturated heterocycles. The van der Waals surface area contributed by atoms with Crippen LogP contribution in [-0.4, -0.2) is 40.6 Å². The van der Waals surface area contributed by atoms with E-state index in [9.17, 15) is 14.4 Å².